The van der Waals surface area contributed by atoms with Crippen molar-refractivity contribution in [2.24, 2.45) is 0 Å². The molecule has 36 heavy (non-hydrogen) atoms. The number of hydrogen-bond acceptors (Lipinski definition) is 6. The molecular weight excluding hydrogens is 454 g/mol. The minimum Gasteiger partial charge on any atom is -0.490 e. The Morgan fingerprint density at radius 3 is 2.53 bits per heavy atom. The van der Waals surface area contributed by atoms with Crippen molar-refractivity contribution in [3.63, 3.8) is 0 Å². The van der Waals surface area contributed by atoms with Crippen LogP contribution in [0.25, 0.3) is 11.1 Å². The van der Waals surface area contributed by atoms with Gasteiger partial charge in [0.1, 0.15) is 12.4 Å². The second kappa shape index (κ2) is 10.6. The average Bonchev–Trinajstić information content (AvgIpc) is 2.92. The van der Waals surface area contributed by atoms with Crippen LogP contribution in [0.4, 0.5) is 5.69 Å². The number of rotatable bonds is 7. The number of carbonyl (C=O) groups excluding carboxylic acids is 1. The predicted octanol–water partition coefficient (Wildman–Crippen LogP) is 4.06. The summed E-state index contributed by atoms with van der Waals surface area (Å²) in [5, 5.41) is 22.3. The van der Waals surface area contributed by atoms with Crippen LogP contribution >= 0.6 is 0 Å². The molecule has 0 radical (unpaired) electrons. The van der Waals surface area contributed by atoms with Gasteiger partial charge in [0, 0.05) is 36.6 Å². The molecule has 2 heterocycles. The Labute approximate surface area is 209 Å². The van der Waals surface area contributed by atoms with E-state index in [1.165, 1.54) is 0 Å². The Hall–Kier alpha value is -4.20. The molecule has 4 aromatic rings. The Kier molecular flexibility index (Phi) is 6.93. The van der Waals surface area contributed by atoms with Crippen molar-refractivity contribution < 1.29 is 19.7 Å². The van der Waals surface area contributed by atoms with Crippen molar-refractivity contribution in [3.8, 4) is 16.9 Å². The molecule has 1 aliphatic heterocycles. The summed E-state index contributed by atoms with van der Waals surface area (Å²) in [5.41, 5.74) is 5.81. The smallest absolute Gasteiger partial charge is 0.251 e. The molecule has 0 unspecified atom stereocenters. The van der Waals surface area contributed by atoms with E-state index >= 15 is 0 Å². The lowest BCUT2D eigenvalue weighted by Gasteiger charge is -2.31. The van der Waals surface area contributed by atoms with E-state index < -0.39 is 6.29 Å². The van der Waals surface area contributed by atoms with Gasteiger partial charge in [-0.25, -0.2) is 0 Å². The molecule has 0 saturated heterocycles. The van der Waals surface area contributed by atoms with Gasteiger partial charge in [0.25, 0.3) is 5.91 Å². The standard InChI is InChI=1S/C29H27N3O4/c33-28(31-18-20-11-13-30-14-12-20)23-9-10-26-27(17-23)36-16-15-32(26)19-21-5-7-22(8-6-21)24-3-1-2-4-25(24)29(34)35/h1-14,17,29,34-35H,15-16,18-19H2,(H,31,33). The van der Waals surface area contributed by atoms with E-state index in [0.29, 0.717) is 36.6 Å². The quantitative estimate of drug-likeness (QED) is 0.345. The molecule has 0 fully saturated rings. The van der Waals surface area contributed by atoms with Gasteiger partial charge in [0.05, 0.1) is 12.2 Å². The summed E-state index contributed by atoms with van der Waals surface area (Å²) < 4.78 is 5.88. The van der Waals surface area contributed by atoms with Crippen LogP contribution in [-0.2, 0) is 13.1 Å². The molecule has 5 rings (SSSR count). The largest absolute Gasteiger partial charge is 0.490 e. The molecule has 0 atom stereocenters. The first-order valence-corrected chi connectivity index (χ1v) is 11.8. The Morgan fingerprint density at radius 2 is 1.75 bits per heavy atom. The summed E-state index contributed by atoms with van der Waals surface area (Å²) >= 11 is 0. The molecule has 0 saturated carbocycles. The highest BCUT2D eigenvalue weighted by atomic mass is 16.5. The van der Waals surface area contributed by atoms with Crippen LogP contribution in [0, 0.1) is 0 Å². The number of aliphatic hydroxyl groups excluding tert-OH is 1. The first-order chi connectivity index (χ1) is 17.6. The monoisotopic (exact) mass is 481 g/mol. The molecule has 7 heteroatoms. The van der Waals surface area contributed by atoms with Gasteiger partial charge < -0.3 is 25.2 Å². The van der Waals surface area contributed by atoms with E-state index in [-0.39, 0.29) is 5.91 Å². The zero-order valence-electron chi connectivity index (χ0n) is 19.7. The van der Waals surface area contributed by atoms with Crippen LogP contribution in [0.5, 0.6) is 5.75 Å². The van der Waals surface area contributed by atoms with Crippen molar-refractivity contribution >= 4 is 11.6 Å². The molecule has 1 amide bonds. The number of aromatic nitrogens is 1. The van der Waals surface area contributed by atoms with Crippen LogP contribution in [0.1, 0.15) is 33.3 Å². The van der Waals surface area contributed by atoms with Crippen LogP contribution in [-0.4, -0.2) is 34.3 Å². The fourth-order valence-corrected chi connectivity index (χ4v) is 4.36. The average molecular weight is 482 g/mol. The number of aliphatic hydroxyl groups is 2. The number of amides is 1. The maximum absolute atomic E-state index is 12.7. The molecule has 7 nitrogen and oxygen atoms in total. The normalized spacial score (nSPS) is 12.7. The van der Waals surface area contributed by atoms with Crippen LogP contribution in [0.3, 0.4) is 0 Å². The first-order valence-electron chi connectivity index (χ1n) is 11.8. The van der Waals surface area contributed by atoms with Gasteiger partial charge in [-0.05, 0) is 52.6 Å². The maximum atomic E-state index is 12.7. The molecule has 3 N–H and O–H groups in total. The Balaban J connectivity index is 1.28. The third-order valence-electron chi connectivity index (χ3n) is 6.26. The summed E-state index contributed by atoms with van der Waals surface area (Å²) in [6.45, 7) is 2.40. The second-order valence-corrected chi connectivity index (χ2v) is 8.65. The van der Waals surface area contributed by atoms with Crippen molar-refractivity contribution in [3.05, 3.63) is 114 Å². The SMILES string of the molecule is O=C(NCc1ccncc1)c1ccc2c(c1)OCCN2Cc1ccc(-c2ccccc2C(O)O)cc1. The lowest BCUT2D eigenvalue weighted by Crippen LogP contribution is -2.32. The lowest BCUT2D eigenvalue weighted by molar-refractivity contribution is -0.0420. The van der Waals surface area contributed by atoms with E-state index in [1.807, 2.05) is 60.7 Å². The summed E-state index contributed by atoms with van der Waals surface area (Å²) in [5.74, 6) is 0.541. The second-order valence-electron chi connectivity index (χ2n) is 8.65. The van der Waals surface area contributed by atoms with Crippen LogP contribution in [0.2, 0.25) is 0 Å². The molecule has 0 bridgehead atoms. The van der Waals surface area contributed by atoms with Crippen molar-refractivity contribution in [1.82, 2.24) is 10.3 Å². The lowest BCUT2D eigenvalue weighted by atomic mass is 9.98. The predicted molar refractivity (Wildman–Crippen MR) is 137 cm³/mol. The summed E-state index contributed by atoms with van der Waals surface area (Å²) in [6.07, 6.45) is 1.89. The third kappa shape index (κ3) is 5.22. The number of pyridine rings is 1. The number of anilines is 1. The van der Waals surface area contributed by atoms with Crippen molar-refractivity contribution in [2.75, 3.05) is 18.1 Å². The fourth-order valence-electron chi connectivity index (χ4n) is 4.36. The highest BCUT2D eigenvalue weighted by molar-refractivity contribution is 5.95. The van der Waals surface area contributed by atoms with Crippen LogP contribution in [0.15, 0.2) is 91.3 Å². The minimum absolute atomic E-state index is 0.154. The molecule has 182 valence electrons. The van der Waals surface area contributed by atoms with Gasteiger partial charge in [0.15, 0.2) is 6.29 Å². The summed E-state index contributed by atoms with van der Waals surface area (Å²) in [4.78, 5) is 18.9. The van der Waals surface area contributed by atoms with E-state index in [9.17, 15) is 15.0 Å². The summed E-state index contributed by atoms with van der Waals surface area (Å²) in [7, 11) is 0. The van der Waals surface area contributed by atoms with Gasteiger partial charge in [-0.3, -0.25) is 9.78 Å². The number of nitrogens with zero attached hydrogens (tertiary/aromatic N) is 2. The third-order valence-corrected chi connectivity index (χ3v) is 6.26. The van der Waals surface area contributed by atoms with E-state index in [0.717, 1.165) is 34.5 Å². The summed E-state index contributed by atoms with van der Waals surface area (Å²) in [6, 6.07) is 24.6. The number of benzene rings is 3. The minimum atomic E-state index is -1.52. The van der Waals surface area contributed by atoms with E-state index in [4.69, 9.17) is 4.74 Å². The zero-order chi connectivity index (χ0) is 24.9. The molecule has 0 aliphatic carbocycles. The highest BCUT2D eigenvalue weighted by Crippen LogP contribution is 2.34. The number of fused-ring (bicyclic) bond motifs is 1. The molecular formula is C29H27N3O4. The van der Waals surface area contributed by atoms with Crippen LogP contribution < -0.4 is 15.0 Å². The molecule has 1 aromatic heterocycles. The van der Waals surface area contributed by atoms with E-state index in [1.54, 1.807) is 30.6 Å². The first kappa shape index (κ1) is 23.5. The highest BCUT2D eigenvalue weighted by Gasteiger charge is 2.20. The topological polar surface area (TPSA) is 94.9 Å². The number of carbonyl (C=O) groups is 1. The number of ether oxygens (including phenoxy) is 1. The van der Waals surface area contributed by atoms with Gasteiger partial charge in [-0.15, -0.1) is 0 Å². The van der Waals surface area contributed by atoms with E-state index in [2.05, 4.69) is 15.2 Å². The molecule has 3 aromatic carbocycles. The zero-order valence-corrected chi connectivity index (χ0v) is 19.7. The molecule has 0 spiro atoms. The van der Waals surface area contributed by atoms with Gasteiger partial charge in [0.2, 0.25) is 0 Å². The number of nitrogens with one attached hydrogen (secondary N) is 1. The van der Waals surface area contributed by atoms with Crippen molar-refractivity contribution in [1.29, 1.82) is 0 Å². The Morgan fingerprint density at radius 1 is 0.972 bits per heavy atom. The van der Waals surface area contributed by atoms with Gasteiger partial charge in [-0.2, -0.15) is 0 Å². The van der Waals surface area contributed by atoms with Crippen molar-refractivity contribution in [2.45, 2.75) is 19.4 Å². The fraction of sp³-hybridized carbons (Fsp3) is 0.172. The Bertz CT molecular complexity index is 1340. The molecule has 1 aliphatic rings. The number of hydrogen-bond donors (Lipinski definition) is 3. The van der Waals surface area contributed by atoms with Gasteiger partial charge >= 0.3 is 0 Å². The van der Waals surface area contributed by atoms with Gasteiger partial charge in [-0.1, -0.05) is 48.5 Å². The maximum Gasteiger partial charge on any atom is 0.251 e.